The van der Waals surface area contributed by atoms with Crippen LogP contribution in [0.3, 0.4) is 0 Å². The van der Waals surface area contributed by atoms with Gasteiger partial charge in [-0.05, 0) is 44.2 Å². The molecule has 2 aliphatic rings. The van der Waals surface area contributed by atoms with Crippen molar-refractivity contribution in [2.75, 3.05) is 26.2 Å². The Kier molecular flexibility index (Phi) is 3.39. The molecule has 2 saturated heterocycles. The van der Waals surface area contributed by atoms with E-state index in [1.807, 2.05) is 12.4 Å². The van der Waals surface area contributed by atoms with E-state index in [0.29, 0.717) is 5.41 Å². The minimum absolute atomic E-state index is 0.543. The number of aryl methyl sites for hydroxylation is 1. The molecule has 0 amide bonds. The monoisotopic (exact) mass is 248 g/mol. The van der Waals surface area contributed by atoms with Crippen molar-refractivity contribution in [2.45, 2.75) is 32.2 Å². The van der Waals surface area contributed by atoms with Crippen molar-refractivity contribution in [3.63, 3.8) is 0 Å². The van der Waals surface area contributed by atoms with E-state index >= 15 is 0 Å². The number of piperidine rings is 2. The smallest absolute Gasteiger partial charge is 0.122 e. The lowest BCUT2D eigenvalue weighted by Gasteiger charge is -2.45. The quantitative estimate of drug-likeness (QED) is 0.858. The Morgan fingerprint density at radius 3 is 3.00 bits per heavy atom. The maximum atomic E-state index is 4.45. The first kappa shape index (κ1) is 12.2. The fraction of sp³-hybridized carbons (Fsp3) is 0.786. The molecule has 2 fully saturated rings. The van der Waals surface area contributed by atoms with Gasteiger partial charge >= 0.3 is 0 Å². The molecule has 2 aliphatic heterocycles. The van der Waals surface area contributed by atoms with Gasteiger partial charge in [0, 0.05) is 32.5 Å². The van der Waals surface area contributed by atoms with E-state index in [-0.39, 0.29) is 0 Å². The van der Waals surface area contributed by atoms with Crippen LogP contribution in [0.2, 0.25) is 0 Å². The Morgan fingerprint density at radius 2 is 2.28 bits per heavy atom. The van der Waals surface area contributed by atoms with Crippen LogP contribution < -0.4 is 5.32 Å². The van der Waals surface area contributed by atoms with E-state index in [1.54, 1.807) is 0 Å². The molecule has 1 aromatic heterocycles. The average Bonchev–Trinajstić information content (AvgIpc) is 2.76. The Morgan fingerprint density at radius 1 is 1.39 bits per heavy atom. The second-order valence-corrected chi connectivity index (χ2v) is 6.05. The number of likely N-dealkylation sites (tertiary alicyclic amines) is 1. The third kappa shape index (κ3) is 2.45. The fourth-order valence-corrected chi connectivity index (χ4v) is 3.57. The number of rotatable bonds is 2. The largest absolute Gasteiger partial charge is 0.337 e. The van der Waals surface area contributed by atoms with Crippen molar-refractivity contribution < 1.29 is 0 Å². The minimum atomic E-state index is 0.543. The van der Waals surface area contributed by atoms with Crippen molar-refractivity contribution in [2.24, 2.45) is 12.5 Å². The molecule has 18 heavy (non-hydrogen) atoms. The molecule has 1 spiro atoms. The second-order valence-electron chi connectivity index (χ2n) is 6.05. The van der Waals surface area contributed by atoms with Crippen molar-refractivity contribution in [3.05, 3.63) is 18.2 Å². The molecule has 0 aliphatic carbocycles. The standard InChI is InChI=1S/C14H24N4/c1-17-9-7-16-13(17)10-18-8-3-5-14(12-18)4-2-6-15-11-14/h7,9,15H,2-6,8,10-12H2,1H3. The molecule has 4 nitrogen and oxygen atoms in total. The summed E-state index contributed by atoms with van der Waals surface area (Å²) in [5, 5.41) is 3.59. The van der Waals surface area contributed by atoms with Gasteiger partial charge in [-0.15, -0.1) is 0 Å². The minimum Gasteiger partial charge on any atom is -0.337 e. The number of aromatic nitrogens is 2. The zero-order chi connectivity index (χ0) is 12.4. The molecule has 3 rings (SSSR count). The summed E-state index contributed by atoms with van der Waals surface area (Å²) >= 11 is 0. The first-order chi connectivity index (χ1) is 8.77. The molecule has 0 aromatic carbocycles. The third-order valence-electron chi connectivity index (χ3n) is 4.59. The van der Waals surface area contributed by atoms with Gasteiger partial charge in [0.2, 0.25) is 0 Å². The van der Waals surface area contributed by atoms with Crippen LogP contribution in [-0.4, -0.2) is 40.6 Å². The van der Waals surface area contributed by atoms with Crippen LogP contribution in [-0.2, 0) is 13.6 Å². The Labute approximate surface area is 109 Å². The first-order valence-corrected chi connectivity index (χ1v) is 7.17. The molecule has 0 radical (unpaired) electrons. The lowest BCUT2D eigenvalue weighted by Crippen LogP contribution is -2.50. The fourth-order valence-electron chi connectivity index (χ4n) is 3.57. The number of hydrogen-bond donors (Lipinski definition) is 1. The van der Waals surface area contributed by atoms with Gasteiger partial charge in [0.1, 0.15) is 5.82 Å². The maximum Gasteiger partial charge on any atom is 0.122 e. The van der Waals surface area contributed by atoms with Gasteiger partial charge in [-0.1, -0.05) is 0 Å². The number of nitrogens with zero attached hydrogens (tertiary/aromatic N) is 3. The normalized spacial score (nSPS) is 29.8. The number of imidazole rings is 1. The average molecular weight is 248 g/mol. The van der Waals surface area contributed by atoms with E-state index in [1.165, 1.54) is 57.7 Å². The summed E-state index contributed by atoms with van der Waals surface area (Å²) in [5.74, 6) is 1.19. The molecule has 0 saturated carbocycles. The van der Waals surface area contributed by atoms with Gasteiger partial charge in [-0.2, -0.15) is 0 Å². The van der Waals surface area contributed by atoms with Gasteiger partial charge < -0.3 is 9.88 Å². The zero-order valence-corrected chi connectivity index (χ0v) is 11.4. The van der Waals surface area contributed by atoms with Crippen molar-refractivity contribution in [1.29, 1.82) is 0 Å². The summed E-state index contributed by atoms with van der Waals surface area (Å²) in [6.07, 6.45) is 9.42. The van der Waals surface area contributed by atoms with Crippen LogP contribution in [0.25, 0.3) is 0 Å². The molecule has 1 atom stereocenters. The van der Waals surface area contributed by atoms with Gasteiger partial charge in [0.15, 0.2) is 0 Å². The van der Waals surface area contributed by atoms with Crippen LogP contribution in [0.15, 0.2) is 12.4 Å². The molecule has 0 bridgehead atoms. The first-order valence-electron chi connectivity index (χ1n) is 7.17. The Hall–Kier alpha value is -0.870. The van der Waals surface area contributed by atoms with Crippen LogP contribution in [0, 0.1) is 5.41 Å². The Balaban J connectivity index is 1.65. The van der Waals surface area contributed by atoms with E-state index in [4.69, 9.17) is 0 Å². The predicted molar refractivity (Wildman–Crippen MR) is 72.3 cm³/mol. The van der Waals surface area contributed by atoms with E-state index in [9.17, 15) is 0 Å². The lowest BCUT2D eigenvalue weighted by atomic mass is 9.74. The molecule has 3 heterocycles. The summed E-state index contributed by atoms with van der Waals surface area (Å²) < 4.78 is 2.14. The van der Waals surface area contributed by atoms with Crippen molar-refractivity contribution in [3.8, 4) is 0 Å². The summed E-state index contributed by atoms with van der Waals surface area (Å²) in [7, 11) is 2.09. The summed E-state index contributed by atoms with van der Waals surface area (Å²) in [6, 6.07) is 0. The highest BCUT2D eigenvalue weighted by atomic mass is 15.2. The van der Waals surface area contributed by atoms with Gasteiger partial charge in [0.25, 0.3) is 0 Å². The van der Waals surface area contributed by atoms with Crippen LogP contribution in [0.1, 0.15) is 31.5 Å². The molecular weight excluding hydrogens is 224 g/mol. The predicted octanol–water partition coefficient (Wildman–Crippen LogP) is 1.39. The van der Waals surface area contributed by atoms with Gasteiger partial charge in [-0.25, -0.2) is 4.98 Å². The van der Waals surface area contributed by atoms with Gasteiger partial charge in [0.05, 0.1) is 6.54 Å². The van der Waals surface area contributed by atoms with Crippen molar-refractivity contribution >= 4 is 0 Å². The topological polar surface area (TPSA) is 33.1 Å². The van der Waals surface area contributed by atoms with Crippen LogP contribution in [0.4, 0.5) is 0 Å². The highest BCUT2D eigenvalue weighted by Gasteiger charge is 2.36. The Bertz CT molecular complexity index is 387. The molecule has 100 valence electrons. The van der Waals surface area contributed by atoms with Crippen molar-refractivity contribution in [1.82, 2.24) is 19.8 Å². The number of nitrogens with one attached hydrogen (secondary N) is 1. The summed E-state index contributed by atoms with van der Waals surface area (Å²) in [6.45, 7) is 5.90. The second kappa shape index (κ2) is 5.02. The zero-order valence-electron chi connectivity index (χ0n) is 11.4. The lowest BCUT2D eigenvalue weighted by molar-refractivity contribution is 0.0581. The third-order valence-corrected chi connectivity index (χ3v) is 4.59. The summed E-state index contributed by atoms with van der Waals surface area (Å²) in [4.78, 5) is 7.05. The van der Waals surface area contributed by atoms with E-state index < -0.39 is 0 Å². The molecule has 1 aromatic rings. The van der Waals surface area contributed by atoms with E-state index in [0.717, 1.165) is 6.54 Å². The highest BCUT2D eigenvalue weighted by molar-refractivity contribution is 4.95. The SMILES string of the molecule is Cn1ccnc1CN1CCCC2(CCCNC2)C1. The molecule has 1 N–H and O–H groups in total. The molecule has 4 heteroatoms. The van der Waals surface area contributed by atoms with Crippen LogP contribution >= 0.6 is 0 Å². The molecular formula is C14H24N4. The maximum absolute atomic E-state index is 4.45. The van der Waals surface area contributed by atoms with Gasteiger partial charge in [-0.3, -0.25) is 4.90 Å². The van der Waals surface area contributed by atoms with Crippen LogP contribution in [0.5, 0.6) is 0 Å². The van der Waals surface area contributed by atoms with E-state index in [2.05, 4.69) is 26.8 Å². The molecule has 1 unspecified atom stereocenters. The summed E-state index contributed by atoms with van der Waals surface area (Å²) in [5.41, 5.74) is 0.543. The number of hydrogen-bond acceptors (Lipinski definition) is 3. The highest BCUT2D eigenvalue weighted by Crippen LogP contribution is 2.36.